The van der Waals surface area contributed by atoms with Gasteiger partial charge in [0.15, 0.2) is 0 Å². The number of hydrogen-bond acceptors (Lipinski definition) is 4. The summed E-state index contributed by atoms with van der Waals surface area (Å²) in [6.45, 7) is 5.74. The van der Waals surface area contributed by atoms with Crippen molar-refractivity contribution < 1.29 is 9.53 Å². The average Bonchev–Trinajstić information content (AvgIpc) is 3.05. The van der Waals surface area contributed by atoms with E-state index in [1.807, 2.05) is 37.3 Å². The number of carbonyl (C=O) groups excluding carboxylic acids is 1. The highest BCUT2D eigenvalue weighted by Gasteiger charge is 2.24. The summed E-state index contributed by atoms with van der Waals surface area (Å²) in [7, 11) is 0. The van der Waals surface area contributed by atoms with Gasteiger partial charge in [0.2, 0.25) is 0 Å². The second kappa shape index (κ2) is 8.62. The van der Waals surface area contributed by atoms with Gasteiger partial charge in [-0.15, -0.1) is 11.3 Å². The topological polar surface area (TPSA) is 41.6 Å². The van der Waals surface area contributed by atoms with E-state index in [4.69, 9.17) is 16.3 Å². The Hall–Kier alpha value is -1.92. The number of ether oxygens (including phenoxy) is 1. The molecule has 2 heterocycles. The SMILES string of the molecule is Cc1ccc2c(Cl)c(C(=O)NC[C@H](c3ccccc3)N3CCOCC3)sc2c1. The Labute approximate surface area is 174 Å². The van der Waals surface area contributed by atoms with E-state index >= 15 is 0 Å². The fraction of sp³-hybridized carbons (Fsp3) is 0.318. The van der Waals surface area contributed by atoms with Crippen molar-refractivity contribution in [2.24, 2.45) is 0 Å². The largest absolute Gasteiger partial charge is 0.379 e. The molecular weight excluding hydrogens is 392 g/mol. The van der Waals surface area contributed by atoms with Gasteiger partial charge < -0.3 is 10.1 Å². The van der Waals surface area contributed by atoms with E-state index in [9.17, 15) is 4.79 Å². The van der Waals surface area contributed by atoms with E-state index in [0.717, 1.165) is 42.0 Å². The average molecular weight is 415 g/mol. The van der Waals surface area contributed by atoms with E-state index < -0.39 is 0 Å². The van der Waals surface area contributed by atoms with Gasteiger partial charge in [0.25, 0.3) is 5.91 Å². The molecule has 0 saturated carbocycles. The molecular formula is C22H23ClN2O2S. The van der Waals surface area contributed by atoms with Gasteiger partial charge in [-0.05, 0) is 24.1 Å². The molecule has 1 fully saturated rings. The lowest BCUT2D eigenvalue weighted by atomic mass is 10.0. The van der Waals surface area contributed by atoms with Crippen LogP contribution in [-0.2, 0) is 4.74 Å². The smallest absolute Gasteiger partial charge is 0.262 e. The molecule has 28 heavy (non-hydrogen) atoms. The molecule has 1 aliphatic heterocycles. The van der Waals surface area contributed by atoms with Crippen LogP contribution in [0.3, 0.4) is 0 Å². The highest BCUT2D eigenvalue weighted by atomic mass is 35.5. The minimum absolute atomic E-state index is 0.113. The predicted molar refractivity (Wildman–Crippen MR) is 115 cm³/mol. The van der Waals surface area contributed by atoms with Crippen LogP contribution in [-0.4, -0.2) is 43.7 Å². The molecule has 0 spiro atoms. The van der Waals surface area contributed by atoms with Crippen LogP contribution in [0.25, 0.3) is 10.1 Å². The first-order valence-corrected chi connectivity index (χ1v) is 10.7. The third kappa shape index (κ3) is 4.08. The van der Waals surface area contributed by atoms with Crippen molar-refractivity contribution in [1.29, 1.82) is 0 Å². The summed E-state index contributed by atoms with van der Waals surface area (Å²) < 4.78 is 6.54. The summed E-state index contributed by atoms with van der Waals surface area (Å²) >= 11 is 7.96. The van der Waals surface area contributed by atoms with Crippen LogP contribution in [0.2, 0.25) is 5.02 Å². The summed E-state index contributed by atoms with van der Waals surface area (Å²) in [5, 5.41) is 4.60. The Morgan fingerprint density at radius 2 is 1.96 bits per heavy atom. The van der Waals surface area contributed by atoms with Crippen LogP contribution in [0.5, 0.6) is 0 Å². The molecule has 0 aliphatic carbocycles. The normalized spacial score (nSPS) is 16.2. The van der Waals surface area contributed by atoms with Gasteiger partial charge in [0.1, 0.15) is 4.88 Å². The maximum absolute atomic E-state index is 12.9. The summed E-state index contributed by atoms with van der Waals surface area (Å²) in [4.78, 5) is 15.9. The fourth-order valence-corrected chi connectivity index (χ4v) is 5.14. The highest BCUT2D eigenvalue weighted by Crippen LogP contribution is 2.35. The maximum atomic E-state index is 12.9. The van der Waals surface area contributed by atoms with Gasteiger partial charge in [0.05, 0.1) is 24.3 Å². The van der Waals surface area contributed by atoms with E-state index in [1.165, 1.54) is 16.9 Å². The lowest BCUT2D eigenvalue weighted by Gasteiger charge is -2.34. The fourth-order valence-electron chi connectivity index (χ4n) is 3.61. The first kappa shape index (κ1) is 19.4. The molecule has 6 heteroatoms. The van der Waals surface area contributed by atoms with E-state index in [-0.39, 0.29) is 11.9 Å². The van der Waals surface area contributed by atoms with Crippen molar-refractivity contribution in [1.82, 2.24) is 10.2 Å². The predicted octanol–water partition coefficient (Wildman–Crippen LogP) is 4.67. The molecule has 146 valence electrons. The van der Waals surface area contributed by atoms with E-state index in [1.54, 1.807) is 0 Å². The van der Waals surface area contributed by atoms with Gasteiger partial charge >= 0.3 is 0 Å². The van der Waals surface area contributed by atoms with Crippen molar-refractivity contribution >= 4 is 38.9 Å². The van der Waals surface area contributed by atoms with Crippen molar-refractivity contribution in [3.8, 4) is 0 Å². The Balaban J connectivity index is 1.53. The van der Waals surface area contributed by atoms with Crippen molar-refractivity contribution in [3.05, 3.63) is 69.6 Å². The maximum Gasteiger partial charge on any atom is 0.262 e. The minimum atomic E-state index is -0.113. The zero-order valence-electron chi connectivity index (χ0n) is 15.8. The zero-order chi connectivity index (χ0) is 19.5. The molecule has 1 aromatic heterocycles. The van der Waals surface area contributed by atoms with Gasteiger partial charge in [-0.1, -0.05) is 54.1 Å². The Bertz CT molecular complexity index is 967. The second-order valence-electron chi connectivity index (χ2n) is 7.03. The molecule has 3 aromatic rings. The molecule has 1 atom stereocenters. The second-order valence-corrected chi connectivity index (χ2v) is 8.46. The monoisotopic (exact) mass is 414 g/mol. The third-order valence-corrected chi connectivity index (χ3v) is 6.77. The number of rotatable bonds is 5. The number of thiophene rings is 1. The van der Waals surface area contributed by atoms with Crippen LogP contribution in [0.4, 0.5) is 0 Å². The third-order valence-electron chi connectivity index (χ3n) is 5.12. The number of halogens is 1. The number of hydrogen-bond donors (Lipinski definition) is 1. The summed E-state index contributed by atoms with van der Waals surface area (Å²) in [5.74, 6) is -0.113. The van der Waals surface area contributed by atoms with E-state index in [2.05, 4.69) is 28.4 Å². The number of amides is 1. The van der Waals surface area contributed by atoms with Crippen LogP contribution in [0, 0.1) is 6.92 Å². The molecule has 1 N–H and O–H groups in total. The standard InChI is InChI=1S/C22H23ClN2O2S/c1-15-7-8-17-19(13-15)28-21(20(17)23)22(26)24-14-18(16-5-3-2-4-6-16)25-9-11-27-12-10-25/h2-8,13,18H,9-12,14H2,1H3,(H,24,26)/t18-/m1/s1. The van der Waals surface area contributed by atoms with Gasteiger partial charge in [0, 0.05) is 29.7 Å². The van der Waals surface area contributed by atoms with E-state index in [0.29, 0.717) is 16.4 Å². The number of fused-ring (bicyclic) bond motifs is 1. The van der Waals surface area contributed by atoms with Crippen molar-refractivity contribution in [3.63, 3.8) is 0 Å². The van der Waals surface area contributed by atoms with Gasteiger partial charge in [-0.2, -0.15) is 0 Å². The lowest BCUT2D eigenvalue weighted by molar-refractivity contribution is 0.0162. The minimum Gasteiger partial charge on any atom is -0.379 e. The zero-order valence-corrected chi connectivity index (χ0v) is 17.4. The molecule has 4 nitrogen and oxygen atoms in total. The first-order valence-electron chi connectivity index (χ1n) is 9.47. The molecule has 0 bridgehead atoms. The Morgan fingerprint density at radius 3 is 2.71 bits per heavy atom. The molecule has 0 unspecified atom stereocenters. The molecule has 2 aromatic carbocycles. The Morgan fingerprint density at radius 1 is 1.21 bits per heavy atom. The van der Waals surface area contributed by atoms with Crippen molar-refractivity contribution in [2.45, 2.75) is 13.0 Å². The summed E-state index contributed by atoms with van der Waals surface area (Å²) in [6.07, 6.45) is 0. The number of carbonyl (C=O) groups is 1. The molecule has 0 radical (unpaired) electrons. The van der Waals surface area contributed by atoms with Crippen LogP contribution in [0.1, 0.15) is 26.8 Å². The quantitative estimate of drug-likeness (QED) is 0.659. The number of aryl methyl sites for hydroxylation is 1. The van der Waals surface area contributed by atoms with Crippen LogP contribution in [0.15, 0.2) is 48.5 Å². The van der Waals surface area contributed by atoms with Crippen molar-refractivity contribution in [2.75, 3.05) is 32.8 Å². The summed E-state index contributed by atoms with van der Waals surface area (Å²) in [6, 6.07) is 16.5. The molecule has 4 rings (SSSR count). The van der Waals surface area contributed by atoms with Crippen LogP contribution >= 0.6 is 22.9 Å². The van der Waals surface area contributed by atoms with Crippen LogP contribution < -0.4 is 5.32 Å². The number of benzene rings is 2. The van der Waals surface area contributed by atoms with Gasteiger partial charge in [-0.3, -0.25) is 9.69 Å². The Kier molecular flexibility index (Phi) is 5.97. The number of nitrogens with one attached hydrogen (secondary N) is 1. The number of nitrogens with zero attached hydrogens (tertiary/aromatic N) is 1. The van der Waals surface area contributed by atoms with Gasteiger partial charge in [-0.25, -0.2) is 0 Å². The molecule has 1 saturated heterocycles. The molecule has 1 aliphatic rings. The first-order chi connectivity index (χ1) is 13.6. The molecule has 1 amide bonds. The summed E-state index contributed by atoms with van der Waals surface area (Å²) in [5.41, 5.74) is 2.36. The number of morpholine rings is 1. The lowest BCUT2D eigenvalue weighted by Crippen LogP contribution is -2.43. The highest BCUT2D eigenvalue weighted by molar-refractivity contribution is 7.21.